The molecule has 3 fully saturated rings. The molecule has 8 atom stereocenters. The quantitative estimate of drug-likeness (QED) is 0.545. The van der Waals surface area contributed by atoms with Crippen LogP contribution in [-0.4, -0.2) is 28.9 Å². The van der Waals surface area contributed by atoms with Gasteiger partial charge in [-0.3, -0.25) is 4.98 Å². The van der Waals surface area contributed by atoms with Crippen LogP contribution in [0.4, 0.5) is 0 Å². The fourth-order valence-corrected chi connectivity index (χ4v) is 8.97. The zero-order valence-electron chi connectivity index (χ0n) is 20.6. The Balaban J connectivity index is 1.34. The molecule has 4 aliphatic rings. The lowest BCUT2D eigenvalue weighted by atomic mass is 9.46. The van der Waals surface area contributed by atoms with Crippen molar-refractivity contribution < 1.29 is 9.84 Å². The van der Waals surface area contributed by atoms with Gasteiger partial charge in [0.05, 0.1) is 11.7 Å². The van der Waals surface area contributed by atoms with Gasteiger partial charge in [-0.2, -0.15) is 0 Å². The molecule has 0 radical (unpaired) electrons. The van der Waals surface area contributed by atoms with E-state index in [0.717, 1.165) is 37.0 Å². The van der Waals surface area contributed by atoms with Gasteiger partial charge in [0.25, 0.3) is 0 Å². The molecule has 0 aromatic carbocycles. The number of hydrogen-bond donors (Lipinski definition) is 1. The van der Waals surface area contributed by atoms with E-state index in [1.165, 1.54) is 50.5 Å². The summed E-state index contributed by atoms with van der Waals surface area (Å²) >= 11 is 0. The van der Waals surface area contributed by atoms with Gasteiger partial charge in [-0.25, -0.2) is 0 Å². The molecule has 0 saturated heterocycles. The monoisotopic (exact) mass is 437 g/mol. The van der Waals surface area contributed by atoms with Crippen molar-refractivity contribution in [1.29, 1.82) is 0 Å². The first kappa shape index (κ1) is 22.6. The highest BCUT2D eigenvalue weighted by Crippen LogP contribution is 2.67. The first-order chi connectivity index (χ1) is 15.3. The fourth-order valence-electron chi connectivity index (χ4n) is 8.97. The Labute approximate surface area is 195 Å². The summed E-state index contributed by atoms with van der Waals surface area (Å²) < 4.78 is 5.74. The highest BCUT2D eigenvalue weighted by molar-refractivity contribution is 5.26. The largest absolute Gasteiger partial charge is 0.390 e. The van der Waals surface area contributed by atoms with Crippen molar-refractivity contribution in [3.63, 3.8) is 0 Å². The predicted octanol–water partition coefficient (Wildman–Crippen LogP) is 6.36. The smallest absolute Gasteiger partial charge is 0.0656 e. The Hall–Kier alpha value is -1.19. The van der Waals surface area contributed by atoms with Gasteiger partial charge >= 0.3 is 0 Å². The van der Waals surface area contributed by atoms with Gasteiger partial charge in [0, 0.05) is 19.5 Å². The molecule has 176 valence electrons. The van der Waals surface area contributed by atoms with Crippen molar-refractivity contribution in [3.8, 4) is 0 Å². The maximum atomic E-state index is 11.7. The Bertz CT molecular complexity index is 848. The zero-order chi connectivity index (χ0) is 22.6. The maximum Gasteiger partial charge on any atom is 0.0656 e. The molecule has 1 aromatic heterocycles. The molecule has 1 unspecified atom stereocenters. The molecule has 3 nitrogen and oxygen atoms in total. The van der Waals surface area contributed by atoms with E-state index in [4.69, 9.17) is 4.74 Å². The molecule has 1 N–H and O–H groups in total. The van der Waals surface area contributed by atoms with E-state index >= 15 is 0 Å². The molecule has 5 rings (SSSR count). The SMILES string of the molecule is CO[C@H]1CC[C@@]2(C)C(=CC[C@H]3[C@@H]4CC[C@H](C(C)(O)CCc5ccncc5)[C@@]4(C)CC[C@@H]32)C1. The zero-order valence-corrected chi connectivity index (χ0v) is 20.6. The van der Waals surface area contributed by atoms with Crippen LogP contribution in [0.3, 0.4) is 0 Å². The van der Waals surface area contributed by atoms with Crippen molar-refractivity contribution >= 4 is 0 Å². The summed E-state index contributed by atoms with van der Waals surface area (Å²) in [5, 5.41) is 11.7. The summed E-state index contributed by atoms with van der Waals surface area (Å²) in [6.45, 7) is 7.24. The first-order valence-corrected chi connectivity index (χ1v) is 13.1. The molecular formula is C29H43NO2. The number of methoxy groups -OCH3 is 1. The molecular weight excluding hydrogens is 394 g/mol. The highest BCUT2D eigenvalue weighted by Gasteiger charge is 2.61. The van der Waals surface area contributed by atoms with E-state index < -0.39 is 5.60 Å². The molecule has 0 spiro atoms. The lowest BCUT2D eigenvalue weighted by molar-refractivity contribution is -0.105. The first-order valence-electron chi connectivity index (χ1n) is 13.1. The van der Waals surface area contributed by atoms with E-state index in [2.05, 4.69) is 44.0 Å². The van der Waals surface area contributed by atoms with Gasteiger partial charge in [-0.1, -0.05) is 25.5 Å². The van der Waals surface area contributed by atoms with Crippen LogP contribution in [0.25, 0.3) is 0 Å². The van der Waals surface area contributed by atoms with Crippen molar-refractivity contribution in [1.82, 2.24) is 4.98 Å². The Kier molecular flexibility index (Phi) is 5.82. The number of aliphatic hydroxyl groups is 1. The predicted molar refractivity (Wildman–Crippen MR) is 129 cm³/mol. The minimum atomic E-state index is -0.601. The standard InChI is InChI=1S/C29H43NO2/c1-27-14-10-22(32-4)19-21(27)5-6-23-24-7-8-26(28(24,2)15-11-25(23)27)29(3,31)16-9-20-12-17-30-18-13-20/h5,12-13,17-18,22-26,31H,6-11,14-16,19H2,1-4H3/t22-,23-,24-,25-,26-,27-,28-,29?/m0/s1. The second-order valence-corrected chi connectivity index (χ2v) is 12.2. The summed E-state index contributed by atoms with van der Waals surface area (Å²) in [6, 6.07) is 4.18. The average molecular weight is 438 g/mol. The van der Waals surface area contributed by atoms with Gasteiger partial charge in [-0.05, 0) is 123 Å². The third-order valence-electron chi connectivity index (χ3n) is 10.8. The van der Waals surface area contributed by atoms with Crippen molar-refractivity contribution in [2.45, 2.75) is 96.7 Å². The number of hydrogen-bond acceptors (Lipinski definition) is 3. The molecule has 3 saturated carbocycles. The van der Waals surface area contributed by atoms with E-state index in [0.29, 0.717) is 17.4 Å². The van der Waals surface area contributed by atoms with E-state index in [1.54, 1.807) is 5.57 Å². The van der Waals surface area contributed by atoms with E-state index in [1.807, 2.05) is 19.5 Å². The highest BCUT2D eigenvalue weighted by atomic mass is 16.5. The number of nitrogens with zero attached hydrogens (tertiary/aromatic N) is 1. The number of pyridine rings is 1. The summed E-state index contributed by atoms with van der Waals surface area (Å²) in [5.74, 6) is 2.78. The van der Waals surface area contributed by atoms with Crippen LogP contribution in [-0.2, 0) is 11.2 Å². The van der Waals surface area contributed by atoms with Gasteiger partial charge in [0.2, 0.25) is 0 Å². The van der Waals surface area contributed by atoms with Gasteiger partial charge in [0.15, 0.2) is 0 Å². The molecule has 1 aromatic rings. The van der Waals surface area contributed by atoms with Crippen molar-refractivity contribution in [2.24, 2.45) is 34.5 Å². The van der Waals surface area contributed by atoms with Gasteiger partial charge in [0.1, 0.15) is 0 Å². The summed E-state index contributed by atoms with van der Waals surface area (Å²) in [7, 11) is 1.88. The molecule has 1 heterocycles. The van der Waals surface area contributed by atoms with Gasteiger partial charge < -0.3 is 9.84 Å². The number of fused-ring (bicyclic) bond motifs is 5. The third kappa shape index (κ3) is 3.59. The summed E-state index contributed by atoms with van der Waals surface area (Å²) in [6.07, 6.45) is 18.5. The van der Waals surface area contributed by atoms with Crippen molar-refractivity contribution in [3.05, 3.63) is 41.7 Å². The number of rotatable bonds is 5. The minimum absolute atomic E-state index is 0.272. The molecule has 32 heavy (non-hydrogen) atoms. The third-order valence-corrected chi connectivity index (χ3v) is 10.8. The maximum absolute atomic E-state index is 11.7. The van der Waals surface area contributed by atoms with Crippen LogP contribution in [0.1, 0.15) is 84.1 Å². The molecule has 3 heteroatoms. The number of allylic oxidation sites excluding steroid dienone is 1. The number of ether oxygens (including phenoxy) is 1. The fraction of sp³-hybridized carbons (Fsp3) is 0.759. The van der Waals surface area contributed by atoms with Crippen LogP contribution in [0.5, 0.6) is 0 Å². The Morgan fingerprint density at radius 3 is 2.62 bits per heavy atom. The van der Waals surface area contributed by atoms with Gasteiger partial charge in [-0.15, -0.1) is 0 Å². The van der Waals surface area contributed by atoms with E-state index in [-0.39, 0.29) is 5.41 Å². The average Bonchev–Trinajstić information content (AvgIpc) is 3.16. The van der Waals surface area contributed by atoms with Crippen LogP contribution in [0.15, 0.2) is 36.2 Å². The summed E-state index contributed by atoms with van der Waals surface area (Å²) in [5.41, 5.74) is 3.03. The normalized spacial score (nSPS) is 42.9. The molecule has 0 aliphatic heterocycles. The Morgan fingerprint density at radius 2 is 1.88 bits per heavy atom. The lowest BCUT2D eigenvalue weighted by Crippen LogP contribution is -2.53. The van der Waals surface area contributed by atoms with Crippen LogP contribution < -0.4 is 0 Å². The number of aryl methyl sites for hydroxylation is 1. The second-order valence-electron chi connectivity index (χ2n) is 12.2. The minimum Gasteiger partial charge on any atom is -0.390 e. The molecule has 4 aliphatic carbocycles. The number of aromatic nitrogens is 1. The van der Waals surface area contributed by atoms with Crippen LogP contribution >= 0.6 is 0 Å². The Morgan fingerprint density at radius 1 is 1.09 bits per heavy atom. The van der Waals surface area contributed by atoms with Crippen LogP contribution in [0, 0.1) is 34.5 Å². The molecule has 0 amide bonds. The van der Waals surface area contributed by atoms with Crippen molar-refractivity contribution in [2.75, 3.05) is 7.11 Å². The van der Waals surface area contributed by atoms with E-state index in [9.17, 15) is 5.11 Å². The molecule has 0 bridgehead atoms. The topological polar surface area (TPSA) is 42.4 Å². The second kappa shape index (κ2) is 8.24. The summed E-state index contributed by atoms with van der Waals surface area (Å²) in [4.78, 5) is 4.14. The van der Waals surface area contributed by atoms with Crippen LogP contribution in [0.2, 0.25) is 0 Å². The lowest BCUT2D eigenvalue weighted by Gasteiger charge is -2.59.